The van der Waals surface area contributed by atoms with Gasteiger partial charge in [-0.3, -0.25) is 4.79 Å². The Labute approximate surface area is 111 Å². The first-order valence-electron chi connectivity index (χ1n) is 6.38. The molecule has 1 heterocycles. The van der Waals surface area contributed by atoms with Crippen LogP contribution in [0.5, 0.6) is 5.75 Å². The number of carboxylic acids is 1. The largest absolute Gasteiger partial charge is 0.484 e. The maximum absolute atomic E-state index is 12.0. The van der Waals surface area contributed by atoms with E-state index < -0.39 is 12.0 Å². The van der Waals surface area contributed by atoms with Crippen LogP contribution in [0.4, 0.5) is 0 Å². The molecule has 0 aromatic heterocycles. The lowest BCUT2D eigenvalue weighted by Gasteiger charge is -2.32. The minimum Gasteiger partial charge on any atom is -0.484 e. The molecule has 1 amide bonds. The molecule has 1 aromatic rings. The summed E-state index contributed by atoms with van der Waals surface area (Å²) in [6, 6.07) is 8.32. The molecule has 2 rings (SSSR count). The van der Waals surface area contributed by atoms with Gasteiger partial charge in [-0.25, -0.2) is 4.79 Å². The van der Waals surface area contributed by atoms with Crippen molar-refractivity contribution in [2.75, 3.05) is 13.2 Å². The molecule has 0 saturated carbocycles. The smallest absolute Gasteiger partial charge is 0.326 e. The van der Waals surface area contributed by atoms with Crippen molar-refractivity contribution in [3.63, 3.8) is 0 Å². The Bertz CT molecular complexity index is 446. The van der Waals surface area contributed by atoms with Crippen LogP contribution in [-0.2, 0) is 9.59 Å². The van der Waals surface area contributed by atoms with Gasteiger partial charge in [-0.05, 0) is 31.4 Å². The van der Waals surface area contributed by atoms with Gasteiger partial charge in [0.25, 0.3) is 5.91 Å². The van der Waals surface area contributed by atoms with Gasteiger partial charge in [0.1, 0.15) is 11.8 Å². The molecular weight excluding hydrogens is 246 g/mol. The summed E-state index contributed by atoms with van der Waals surface area (Å²) in [4.78, 5) is 24.5. The summed E-state index contributed by atoms with van der Waals surface area (Å²) in [5.41, 5.74) is 0. The van der Waals surface area contributed by atoms with Crippen molar-refractivity contribution in [3.05, 3.63) is 30.3 Å². The molecule has 1 N–H and O–H groups in total. The zero-order valence-corrected chi connectivity index (χ0v) is 10.6. The van der Waals surface area contributed by atoms with Gasteiger partial charge in [0, 0.05) is 6.54 Å². The predicted octanol–water partition coefficient (Wildman–Crippen LogP) is 1.53. The van der Waals surface area contributed by atoms with Crippen molar-refractivity contribution in [2.24, 2.45) is 0 Å². The Morgan fingerprint density at radius 3 is 2.68 bits per heavy atom. The molecule has 1 aliphatic heterocycles. The summed E-state index contributed by atoms with van der Waals surface area (Å²) >= 11 is 0. The summed E-state index contributed by atoms with van der Waals surface area (Å²) in [6.07, 6.45) is 2.22. The number of benzene rings is 1. The monoisotopic (exact) mass is 263 g/mol. The molecule has 1 fully saturated rings. The molecule has 1 aromatic carbocycles. The van der Waals surface area contributed by atoms with E-state index in [9.17, 15) is 9.59 Å². The summed E-state index contributed by atoms with van der Waals surface area (Å²) in [5, 5.41) is 9.11. The third kappa shape index (κ3) is 3.47. The maximum Gasteiger partial charge on any atom is 0.326 e. The first-order chi connectivity index (χ1) is 9.18. The average Bonchev–Trinajstić information content (AvgIpc) is 2.46. The van der Waals surface area contributed by atoms with E-state index in [1.807, 2.05) is 18.2 Å². The second-order valence-corrected chi connectivity index (χ2v) is 4.54. The number of rotatable bonds is 4. The summed E-state index contributed by atoms with van der Waals surface area (Å²) in [7, 11) is 0. The fraction of sp³-hybridized carbons (Fsp3) is 0.429. The van der Waals surface area contributed by atoms with Crippen LogP contribution in [0, 0.1) is 0 Å². The van der Waals surface area contributed by atoms with E-state index in [-0.39, 0.29) is 12.5 Å². The quantitative estimate of drug-likeness (QED) is 0.894. The zero-order valence-electron chi connectivity index (χ0n) is 10.6. The van der Waals surface area contributed by atoms with E-state index in [0.29, 0.717) is 18.7 Å². The number of amides is 1. The van der Waals surface area contributed by atoms with E-state index in [4.69, 9.17) is 9.84 Å². The van der Waals surface area contributed by atoms with Crippen LogP contribution in [0.2, 0.25) is 0 Å². The number of likely N-dealkylation sites (tertiary alicyclic amines) is 1. The number of hydrogen-bond donors (Lipinski definition) is 1. The van der Waals surface area contributed by atoms with Crippen molar-refractivity contribution in [3.8, 4) is 5.75 Å². The van der Waals surface area contributed by atoms with E-state index >= 15 is 0 Å². The Balaban J connectivity index is 1.93. The highest BCUT2D eigenvalue weighted by molar-refractivity contribution is 5.84. The van der Waals surface area contributed by atoms with Gasteiger partial charge in [-0.1, -0.05) is 18.2 Å². The van der Waals surface area contributed by atoms with E-state index in [0.717, 1.165) is 12.8 Å². The molecule has 0 bridgehead atoms. The van der Waals surface area contributed by atoms with Crippen molar-refractivity contribution >= 4 is 11.9 Å². The summed E-state index contributed by atoms with van der Waals surface area (Å²) in [6.45, 7) is 0.377. The van der Waals surface area contributed by atoms with Crippen LogP contribution in [-0.4, -0.2) is 41.1 Å². The number of aliphatic carboxylic acids is 1. The predicted molar refractivity (Wildman–Crippen MR) is 68.9 cm³/mol. The lowest BCUT2D eigenvalue weighted by molar-refractivity contribution is -0.152. The number of nitrogens with zero attached hydrogens (tertiary/aromatic N) is 1. The third-order valence-corrected chi connectivity index (χ3v) is 3.21. The van der Waals surface area contributed by atoms with Crippen molar-refractivity contribution in [2.45, 2.75) is 25.3 Å². The zero-order chi connectivity index (χ0) is 13.7. The molecule has 0 radical (unpaired) electrons. The van der Waals surface area contributed by atoms with E-state index in [2.05, 4.69) is 0 Å². The molecule has 1 saturated heterocycles. The van der Waals surface area contributed by atoms with Gasteiger partial charge in [0.2, 0.25) is 0 Å². The van der Waals surface area contributed by atoms with Gasteiger partial charge >= 0.3 is 5.97 Å². The van der Waals surface area contributed by atoms with E-state index in [1.54, 1.807) is 12.1 Å². The normalized spacial score (nSPS) is 18.9. The molecule has 5 nitrogen and oxygen atoms in total. The van der Waals surface area contributed by atoms with Crippen molar-refractivity contribution < 1.29 is 19.4 Å². The molecule has 102 valence electrons. The van der Waals surface area contributed by atoms with Gasteiger partial charge in [-0.15, -0.1) is 0 Å². The molecule has 5 heteroatoms. The minimum absolute atomic E-state index is 0.117. The maximum atomic E-state index is 12.0. The molecule has 19 heavy (non-hydrogen) atoms. The Morgan fingerprint density at radius 2 is 2.00 bits per heavy atom. The number of carbonyl (C=O) groups is 2. The second-order valence-electron chi connectivity index (χ2n) is 4.54. The number of carbonyl (C=O) groups excluding carboxylic acids is 1. The number of hydrogen-bond acceptors (Lipinski definition) is 3. The van der Waals surface area contributed by atoms with Crippen LogP contribution in [0.25, 0.3) is 0 Å². The first kappa shape index (κ1) is 13.4. The van der Waals surface area contributed by atoms with Gasteiger partial charge in [0.05, 0.1) is 0 Å². The van der Waals surface area contributed by atoms with Crippen LogP contribution in [0.1, 0.15) is 19.3 Å². The number of para-hydroxylation sites is 1. The highest BCUT2D eigenvalue weighted by Crippen LogP contribution is 2.18. The SMILES string of the molecule is O=C(O)[C@@H]1CCCCN1C(=O)COc1ccccc1. The average molecular weight is 263 g/mol. The summed E-state index contributed by atoms with van der Waals surface area (Å²) < 4.78 is 5.36. The van der Waals surface area contributed by atoms with E-state index in [1.165, 1.54) is 4.90 Å². The van der Waals surface area contributed by atoms with Gasteiger partial charge in [0.15, 0.2) is 6.61 Å². The topological polar surface area (TPSA) is 66.8 Å². The number of piperidine rings is 1. The first-order valence-corrected chi connectivity index (χ1v) is 6.38. The molecule has 0 aliphatic carbocycles. The molecule has 0 spiro atoms. The summed E-state index contributed by atoms with van der Waals surface area (Å²) in [5.74, 6) is -0.594. The highest BCUT2D eigenvalue weighted by atomic mass is 16.5. The highest BCUT2D eigenvalue weighted by Gasteiger charge is 2.31. The van der Waals surface area contributed by atoms with Crippen LogP contribution in [0.15, 0.2) is 30.3 Å². The molecular formula is C14H17NO4. The van der Waals surface area contributed by atoms with Gasteiger partial charge in [-0.2, -0.15) is 0 Å². The molecule has 0 unspecified atom stereocenters. The lowest BCUT2D eigenvalue weighted by Crippen LogP contribution is -2.49. The van der Waals surface area contributed by atoms with Gasteiger partial charge < -0.3 is 14.7 Å². The second kappa shape index (κ2) is 6.22. The Kier molecular flexibility index (Phi) is 4.39. The standard InChI is InChI=1S/C14H17NO4/c16-13(10-19-11-6-2-1-3-7-11)15-9-5-4-8-12(15)14(17)18/h1-3,6-7,12H,4-5,8-10H2,(H,17,18)/t12-/m0/s1. The minimum atomic E-state index is -0.937. The fourth-order valence-corrected chi connectivity index (χ4v) is 2.23. The fourth-order valence-electron chi connectivity index (χ4n) is 2.23. The van der Waals surface area contributed by atoms with Crippen LogP contribution in [0.3, 0.4) is 0 Å². The van der Waals surface area contributed by atoms with Crippen molar-refractivity contribution in [1.29, 1.82) is 0 Å². The van der Waals surface area contributed by atoms with Crippen LogP contribution >= 0.6 is 0 Å². The van der Waals surface area contributed by atoms with Crippen molar-refractivity contribution in [1.82, 2.24) is 4.90 Å². The molecule has 1 aliphatic rings. The third-order valence-electron chi connectivity index (χ3n) is 3.21. The Hall–Kier alpha value is -2.04. The number of ether oxygens (including phenoxy) is 1. The lowest BCUT2D eigenvalue weighted by atomic mass is 10.0. The Morgan fingerprint density at radius 1 is 1.26 bits per heavy atom. The van der Waals surface area contributed by atoms with Crippen LogP contribution < -0.4 is 4.74 Å². The molecule has 1 atom stereocenters. The number of carboxylic acid groups (broad SMARTS) is 1.